The largest absolute Gasteiger partial charge is 0.453 e. The van der Waals surface area contributed by atoms with Crippen molar-refractivity contribution in [2.75, 3.05) is 26.9 Å². The van der Waals surface area contributed by atoms with Gasteiger partial charge < -0.3 is 29.5 Å². The summed E-state index contributed by atoms with van der Waals surface area (Å²) < 4.78 is 16.0. The molecule has 2 N–H and O–H groups in total. The van der Waals surface area contributed by atoms with E-state index in [9.17, 15) is 14.7 Å². The lowest BCUT2D eigenvalue weighted by Crippen LogP contribution is -2.54. The Hall–Kier alpha value is -1.38. The number of hydrogen-bond donors (Lipinski definition) is 2. The summed E-state index contributed by atoms with van der Waals surface area (Å²) in [7, 11) is 1.26. The Morgan fingerprint density at radius 3 is 2.43 bits per heavy atom. The molecule has 3 atom stereocenters. The van der Waals surface area contributed by atoms with Crippen molar-refractivity contribution in [1.82, 2.24) is 10.2 Å². The Morgan fingerprint density at radius 2 is 1.96 bits per heavy atom. The Balaban J connectivity index is 1.80. The molecule has 0 aromatic rings. The second kappa shape index (κ2) is 5.61. The molecule has 3 aliphatic rings. The minimum atomic E-state index is -0.820. The first-order valence-electron chi connectivity index (χ1n) is 7.95. The molecule has 1 unspecified atom stereocenters. The predicted octanol–water partition coefficient (Wildman–Crippen LogP) is -0.154. The normalized spacial score (nSPS) is 32.6. The monoisotopic (exact) mass is 328 g/mol. The standard InChI is InChI=1S/C15H24N2O6/c1-9(2)11(16-13(20)21-3)12(19)17-8-15(22-4-5-23-15)7-14(17)6-10(14)18/h9-11,18H,4-8H2,1-3H3,(H,16,20)/t10-,11+,14?/m1/s1. The fourth-order valence-corrected chi connectivity index (χ4v) is 3.63. The second-order valence-electron chi connectivity index (χ2n) is 6.89. The van der Waals surface area contributed by atoms with Crippen molar-refractivity contribution in [3.63, 3.8) is 0 Å². The molecule has 0 aromatic carbocycles. The molecular formula is C15H24N2O6. The molecule has 3 rings (SSSR count). The topological polar surface area (TPSA) is 97.3 Å². The fraction of sp³-hybridized carbons (Fsp3) is 0.867. The zero-order valence-electron chi connectivity index (χ0n) is 13.7. The highest BCUT2D eigenvalue weighted by Crippen LogP contribution is 2.55. The van der Waals surface area contributed by atoms with Crippen molar-refractivity contribution in [2.45, 2.75) is 50.2 Å². The lowest BCUT2D eigenvalue weighted by Gasteiger charge is -2.30. The Kier molecular flexibility index (Phi) is 4.02. The van der Waals surface area contributed by atoms with E-state index in [0.717, 1.165) is 0 Å². The molecule has 0 aromatic heterocycles. The van der Waals surface area contributed by atoms with Crippen LogP contribution in [0, 0.1) is 5.92 Å². The highest BCUT2D eigenvalue weighted by molar-refractivity contribution is 5.87. The van der Waals surface area contributed by atoms with Crippen LogP contribution in [0.1, 0.15) is 26.7 Å². The average molecular weight is 328 g/mol. The third-order valence-corrected chi connectivity index (χ3v) is 4.99. The van der Waals surface area contributed by atoms with Gasteiger partial charge in [-0.25, -0.2) is 4.79 Å². The third-order valence-electron chi connectivity index (χ3n) is 4.99. The third kappa shape index (κ3) is 2.68. The number of aliphatic hydroxyl groups excluding tert-OH is 1. The number of carbonyl (C=O) groups is 2. The van der Waals surface area contributed by atoms with E-state index in [0.29, 0.717) is 26.1 Å². The second-order valence-corrected chi connectivity index (χ2v) is 6.89. The number of aliphatic hydroxyl groups is 1. The highest BCUT2D eigenvalue weighted by Gasteiger charge is 2.70. The fourth-order valence-electron chi connectivity index (χ4n) is 3.63. The van der Waals surface area contributed by atoms with Crippen LogP contribution in [-0.4, -0.2) is 72.3 Å². The minimum absolute atomic E-state index is 0.114. The number of alkyl carbamates (subject to hydrolysis) is 1. The molecule has 0 radical (unpaired) electrons. The molecule has 0 bridgehead atoms. The maximum Gasteiger partial charge on any atom is 0.407 e. The molecule has 130 valence electrons. The number of amides is 2. The molecule has 1 aliphatic carbocycles. The van der Waals surface area contributed by atoms with E-state index < -0.39 is 29.6 Å². The SMILES string of the molecule is COC(=O)N[C@H](C(=O)N1CC2(CC13C[C@H]3O)OCCO2)C(C)C. The van der Waals surface area contributed by atoms with Gasteiger partial charge in [-0.2, -0.15) is 0 Å². The molecule has 23 heavy (non-hydrogen) atoms. The number of ether oxygens (including phenoxy) is 3. The number of methoxy groups -OCH3 is 1. The van der Waals surface area contributed by atoms with Gasteiger partial charge in [0.15, 0.2) is 5.79 Å². The molecule has 8 nitrogen and oxygen atoms in total. The highest BCUT2D eigenvalue weighted by atomic mass is 16.7. The summed E-state index contributed by atoms with van der Waals surface area (Å²) in [4.78, 5) is 26.2. The summed E-state index contributed by atoms with van der Waals surface area (Å²) in [5.41, 5.74) is -0.633. The summed E-state index contributed by atoms with van der Waals surface area (Å²) in [5.74, 6) is -1.17. The molecule has 2 saturated heterocycles. The minimum Gasteiger partial charge on any atom is -0.453 e. The summed E-state index contributed by atoms with van der Waals surface area (Å²) in [5, 5.41) is 12.7. The average Bonchev–Trinajstić information content (AvgIpc) is 2.89. The van der Waals surface area contributed by atoms with E-state index in [2.05, 4.69) is 10.1 Å². The molecule has 3 fully saturated rings. The van der Waals surface area contributed by atoms with Gasteiger partial charge in [0.2, 0.25) is 5.91 Å². The molecule has 2 heterocycles. The van der Waals surface area contributed by atoms with Gasteiger partial charge in [0.1, 0.15) is 6.04 Å². The van der Waals surface area contributed by atoms with Gasteiger partial charge in [0, 0.05) is 12.8 Å². The van der Waals surface area contributed by atoms with Crippen LogP contribution in [0.3, 0.4) is 0 Å². The smallest absolute Gasteiger partial charge is 0.407 e. The van der Waals surface area contributed by atoms with Gasteiger partial charge in [-0.05, 0) is 5.92 Å². The number of carbonyl (C=O) groups excluding carboxylic acids is 2. The van der Waals surface area contributed by atoms with E-state index in [4.69, 9.17) is 9.47 Å². The summed E-state index contributed by atoms with van der Waals surface area (Å²) >= 11 is 0. The van der Waals surface area contributed by atoms with Gasteiger partial charge in [-0.3, -0.25) is 4.79 Å². The number of rotatable bonds is 3. The van der Waals surface area contributed by atoms with Crippen LogP contribution in [-0.2, 0) is 19.0 Å². The number of likely N-dealkylation sites (tertiary alicyclic amines) is 1. The first kappa shape index (κ1) is 16.5. The van der Waals surface area contributed by atoms with Crippen LogP contribution in [0.5, 0.6) is 0 Å². The molecule has 2 amide bonds. The Morgan fingerprint density at radius 1 is 1.35 bits per heavy atom. The van der Waals surface area contributed by atoms with Gasteiger partial charge >= 0.3 is 6.09 Å². The molecule has 1 saturated carbocycles. The summed E-state index contributed by atoms with van der Waals surface area (Å²) in [6.07, 6.45) is -0.249. The molecule has 2 aliphatic heterocycles. The number of hydrogen-bond acceptors (Lipinski definition) is 6. The van der Waals surface area contributed by atoms with Gasteiger partial charge in [0.25, 0.3) is 0 Å². The lowest BCUT2D eigenvalue weighted by atomic mass is 10.0. The van der Waals surface area contributed by atoms with Gasteiger partial charge in [-0.15, -0.1) is 0 Å². The van der Waals surface area contributed by atoms with Crippen molar-refractivity contribution in [3.8, 4) is 0 Å². The van der Waals surface area contributed by atoms with Crippen molar-refractivity contribution in [2.24, 2.45) is 5.92 Å². The molecule has 2 spiro atoms. The summed E-state index contributed by atoms with van der Waals surface area (Å²) in [6.45, 7) is 4.95. The van der Waals surface area contributed by atoms with E-state index in [1.54, 1.807) is 4.90 Å². The Labute approximate surface area is 135 Å². The first-order valence-corrected chi connectivity index (χ1v) is 7.95. The van der Waals surface area contributed by atoms with Crippen LogP contribution in [0.15, 0.2) is 0 Å². The van der Waals surface area contributed by atoms with Crippen molar-refractivity contribution >= 4 is 12.0 Å². The van der Waals surface area contributed by atoms with Crippen LogP contribution >= 0.6 is 0 Å². The maximum atomic E-state index is 13.0. The predicted molar refractivity (Wildman–Crippen MR) is 78.5 cm³/mol. The molecular weight excluding hydrogens is 304 g/mol. The van der Waals surface area contributed by atoms with Crippen molar-refractivity contribution < 1.29 is 28.9 Å². The van der Waals surface area contributed by atoms with Crippen molar-refractivity contribution in [1.29, 1.82) is 0 Å². The van der Waals surface area contributed by atoms with Crippen LogP contribution in [0.25, 0.3) is 0 Å². The zero-order chi connectivity index (χ0) is 16.8. The van der Waals surface area contributed by atoms with Crippen LogP contribution in [0.4, 0.5) is 4.79 Å². The maximum absolute atomic E-state index is 13.0. The molecule has 8 heteroatoms. The number of nitrogens with one attached hydrogen (secondary N) is 1. The quantitative estimate of drug-likeness (QED) is 0.747. The number of nitrogens with zero attached hydrogens (tertiary/aromatic N) is 1. The zero-order valence-corrected chi connectivity index (χ0v) is 13.7. The van der Waals surface area contributed by atoms with E-state index in [1.165, 1.54) is 7.11 Å². The lowest BCUT2D eigenvalue weighted by molar-refractivity contribution is -0.153. The van der Waals surface area contributed by atoms with Crippen molar-refractivity contribution in [3.05, 3.63) is 0 Å². The van der Waals surface area contributed by atoms with E-state index in [1.807, 2.05) is 13.8 Å². The van der Waals surface area contributed by atoms with Gasteiger partial charge in [-0.1, -0.05) is 13.8 Å². The van der Waals surface area contributed by atoms with Crippen LogP contribution < -0.4 is 5.32 Å². The van der Waals surface area contributed by atoms with Crippen LogP contribution in [0.2, 0.25) is 0 Å². The van der Waals surface area contributed by atoms with Gasteiger partial charge in [0.05, 0.1) is 38.5 Å². The summed E-state index contributed by atoms with van der Waals surface area (Å²) in [6, 6.07) is -0.719. The Bertz CT molecular complexity index is 504. The first-order chi connectivity index (χ1) is 10.8. The van der Waals surface area contributed by atoms with E-state index in [-0.39, 0.29) is 18.4 Å². The van der Waals surface area contributed by atoms with E-state index >= 15 is 0 Å².